The van der Waals surface area contributed by atoms with Crippen LogP contribution in [0.25, 0.3) is 0 Å². The van der Waals surface area contributed by atoms with Crippen LogP contribution in [0, 0.1) is 0 Å². The van der Waals surface area contributed by atoms with E-state index in [1.165, 1.54) is 4.31 Å². The van der Waals surface area contributed by atoms with Gasteiger partial charge in [-0.2, -0.15) is 0 Å². The van der Waals surface area contributed by atoms with E-state index in [0.717, 1.165) is 30.2 Å². The van der Waals surface area contributed by atoms with Crippen molar-refractivity contribution >= 4 is 62.3 Å². The Balaban J connectivity index is 1.88. The Labute approximate surface area is 263 Å². The highest BCUT2D eigenvalue weighted by Gasteiger charge is 2.30. The minimum atomic E-state index is -3.62. The molecule has 2 amide bonds. The van der Waals surface area contributed by atoms with E-state index in [-0.39, 0.29) is 37.7 Å². The Morgan fingerprint density at radius 2 is 1.57 bits per heavy atom. The molecule has 3 rings (SSSR count). The van der Waals surface area contributed by atoms with Crippen molar-refractivity contribution in [2.24, 2.45) is 0 Å². The zero-order valence-corrected chi connectivity index (χ0v) is 26.8. The number of amides is 2. The zero-order chi connectivity index (χ0) is 30.7. The highest BCUT2D eigenvalue weighted by molar-refractivity contribution is 7.92. The maximum absolute atomic E-state index is 13.9. The maximum Gasteiger partial charge on any atom is 0.243 e. The second-order valence-corrected chi connectivity index (χ2v) is 13.2. The summed E-state index contributed by atoms with van der Waals surface area (Å²) in [5, 5.41) is 4.21. The fourth-order valence-electron chi connectivity index (χ4n) is 4.51. The first kappa shape index (κ1) is 33.7. The first-order valence-corrected chi connectivity index (χ1v) is 16.8. The predicted octanol–water partition coefficient (Wildman–Crippen LogP) is 6.75. The van der Waals surface area contributed by atoms with Gasteiger partial charge in [-0.1, -0.05) is 84.5 Å². The quantitative estimate of drug-likeness (QED) is 0.184. The van der Waals surface area contributed by atoms with Crippen LogP contribution < -0.4 is 9.62 Å². The molecule has 0 fully saturated rings. The first-order chi connectivity index (χ1) is 20.0. The van der Waals surface area contributed by atoms with Crippen molar-refractivity contribution < 1.29 is 18.0 Å². The van der Waals surface area contributed by atoms with E-state index in [2.05, 4.69) is 5.32 Å². The summed E-state index contributed by atoms with van der Waals surface area (Å²) in [5.41, 5.74) is 2.08. The summed E-state index contributed by atoms with van der Waals surface area (Å²) in [7, 11) is -3.62. The Hall–Kier alpha value is -2.78. The average molecular weight is 653 g/mol. The van der Waals surface area contributed by atoms with E-state index in [4.69, 9.17) is 34.8 Å². The molecule has 1 unspecified atom stereocenters. The van der Waals surface area contributed by atoms with Gasteiger partial charge in [0.05, 0.1) is 22.0 Å². The van der Waals surface area contributed by atoms with Gasteiger partial charge in [-0.15, -0.1) is 0 Å². The second kappa shape index (κ2) is 16.2. The van der Waals surface area contributed by atoms with Gasteiger partial charge in [-0.25, -0.2) is 8.42 Å². The van der Waals surface area contributed by atoms with Crippen molar-refractivity contribution in [2.45, 2.75) is 51.6 Å². The number of nitrogens with zero attached hydrogens (tertiary/aromatic N) is 2. The highest BCUT2D eigenvalue weighted by atomic mass is 35.5. The molecule has 0 radical (unpaired) electrons. The standard InChI is InChI=1S/C31H36Cl3N3O4S/c1-3-4-18-35-31(39)29(21-23-9-6-5-7-10-23)36(22-24-12-17-27(33)28(34)20-24)30(38)11-8-19-37(42(2,40)41)26-15-13-25(32)14-16-26/h5-7,9-10,12-17,20,29H,3-4,8,11,18-19,21-22H2,1-2H3,(H,35,39). The molecule has 1 atom stereocenters. The van der Waals surface area contributed by atoms with E-state index < -0.39 is 16.1 Å². The van der Waals surface area contributed by atoms with Gasteiger partial charge < -0.3 is 10.2 Å². The van der Waals surface area contributed by atoms with Gasteiger partial charge in [0, 0.05) is 37.5 Å². The van der Waals surface area contributed by atoms with Crippen LogP contribution in [-0.4, -0.2) is 50.5 Å². The minimum absolute atomic E-state index is 0.0223. The molecule has 0 bridgehead atoms. The molecule has 0 heterocycles. The smallest absolute Gasteiger partial charge is 0.243 e. The van der Waals surface area contributed by atoms with Crippen LogP contribution in [0.2, 0.25) is 15.1 Å². The van der Waals surface area contributed by atoms with Crippen LogP contribution in [0.5, 0.6) is 0 Å². The number of carbonyl (C=O) groups excluding carboxylic acids is 2. The minimum Gasteiger partial charge on any atom is -0.354 e. The first-order valence-electron chi connectivity index (χ1n) is 13.8. The zero-order valence-electron chi connectivity index (χ0n) is 23.7. The Morgan fingerprint density at radius 1 is 0.881 bits per heavy atom. The van der Waals surface area contributed by atoms with Gasteiger partial charge in [0.15, 0.2) is 0 Å². The monoisotopic (exact) mass is 651 g/mol. The molecule has 0 saturated carbocycles. The molecule has 0 aliphatic rings. The number of hydrogen-bond acceptors (Lipinski definition) is 4. The molecule has 0 aliphatic carbocycles. The molecule has 3 aromatic carbocycles. The summed E-state index contributed by atoms with van der Waals surface area (Å²) in [6, 6.07) is 20.3. The molecule has 7 nitrogen and oxygen atoms in total. The summed E-state index contributed by atoms with van der Waals surface area (Å²) >= 11 is 18.4. The third kappa shape index (κ3) is 10.2. The number of anilines is 1. The van der Waals surface area contributed by atoms with Gasteiger partial charge >= 0.3 is 0 Å². The van der Waals surface area contributed by atoms with Crippen LogP contribution >= 0.6 is 34.8 Å². The van der Waals surface area contributed by atoms with E-state index in [1.807, 2.05) is 37.3 Å². The van der Waals surface area contributed by atoms with Crippen LogP contribution in [0.15, 0.2) is 72.8 Å². The summed E-state index contributed by atoms with van der Waals surface area (Å²) in [6.07, 6.45) is 3.43. The molecule has 3 aromatic rings. The van der Waals surface area contributed by atoms with Crippen molar-refractivity contribution in [3.63, 3.8) is 0 Å². The van der Waals surface area contributed by atoms with Crippen molar-refractivity contribution in [1.29, 1.82) is 0 Å². The van der Waals surface area contributed by atoms with Crippen molar-refractivity contribution in [3.8, 4) is 0 Å². The van der Waals surface area contributed by atoms with Gasteiger partial charge in [0.2, 0.25) is 21.8 Å². The molecule has 42 heavy (non-hydrogen) atoms. The summed E-state index contributed by atoms with van der Waals surface area (Å²) in [4.78, 5) is 29.0. The SMILES string of the molecule is CCCCNC(=O)C(Cc1ccccc1)N(Cc1ccc(Cl)c(Cl)c1)C(=O)CCCN(c1ccc(Cl)cc1)S(C)(=O)=O. The van der Waals surface area contributed by atoms with E-state index in [9.17, 15) is 18.0 Å². The number of sulfonamides is 1. The third-order valence-electron chi connectivity index (χ3n) is 6.70. The summed E-state index contributed by atoms with van der Waals surface area (Å²) in [6.45, 7) is 2.75. The lowest BCUT2D eigenvalue weighted by Crippen LogP contribution is -2.50. The molecule has 0 aromatic heterocycles. The Morgan fingerprint density at radius 3 is 2.19 bits per heavy atom. The highest BCUT2D eigenvalue weighted by Crippen LogP contribution is 2.25. The number of rotatable bonds is 15. The average Bonchev–Trinajstić information content (AvgIpc) is 2.95. The van der Waals surface area contributed by atoms with Gasteiger partial charge in [-0.05, 0) is 60.4 Å². The molecule has 1 N–H and O–H groups in total. The molecule has 11 heteroatoms. The van der Waals surface area contributed by atoms with E-state index in [1.54, 1.807) is 47.4 Å². The van der Waals surface area contributed by atoms with E-state index >= 15 is 0 Å². The molecular formula is C31H36Cl3N3O4S. The lowest BCUT2D eigenvalue weighted by molar-refractivity contribution is -0.141. The lowest BCUT2D eigenvalue weighted by Gasteiger charge is -2.32. The third-order valence-corrected chi connectivity index (χ3v) is 8.89. The fraction of sp³-hybridized carbons (Fsp3) is 0.355. The van der Waals surface area contributed by atoms with Gasteiger partial charge in [0.25, 0.3) is 0 Å². The van der Waals surface area contributed by atoms with Crippen LogP contribution in [0.1, 0.15) is 43.7 Å². The Kier molecular flexibility index (Phi) is 13.0. The normalized spacial score (nSPS) is 12.0. The van der Waals surface area contributed by atoms with Crippen LogP contribution in [0.4, 0.5) is 5.69 Å². The number of nitrogens with one attached hydrogen (secondary N) is 1. The maximum atomic E-state index is 13.9. The number of unbranched alkanes of at least 4 members (excludes halogenated alkanes) is 1. The number of benzene rings is 3. The van der Waals surface area contributed by atoms with Gasteiger partial charge in [0.1, 0.15) is 6.04 Å². The molecule has 226 valence electrons. The number of hydrogen-bond donors (Lipinski definition) is 1. The summed E-state index contributed by atoms with van der Waals surface area (Å²) < 4.78 is 26.4. The molecular weight excluding hydrogens is 617 g/mol. The summed E-state index contributed by atoms with van der Waals surface area (Å²) in [5.74, 6) is -0.531. The number of carbonyl (C=O) groups is 2. The van der Waals surface area contributed by atoms with Gasteiger partial charge in [-0.3, -0.25) is 13.9 Å². The van der Waals surface area contributed by atoms with Crippen LogP contribution in [-0.2, 0) is 32.6 Å². The second-order valence-electron chi connectivity index (χ2n) is 10.0. The number of halogens is 3. The molecule has 0 aliphatic heterocycles. The van der Waals surface area contributed by atoms with E-state index in [0.29, 0.717) is 33.7 Å². The Bertz CT molecular complexity index is 1440. The molecule has 0 saturated heterocycles. The van der Waals surface area contributed by atoms with Crippen molar-refractivity contribution in [2.75, 3.05) is 23.7 Å². The van der Waals surface area contributed by atoms with Crippen LogP contribution in [0.3, 0.4) is 0 Å². The fourth-order valence-corrected chi connectivity index (χ4v) is 5.92. The van der Waals surface area contributed by atoms with Crippen molar-refractivity contribution in [3.05, 3.63) is 99.0 Å². The molecule has 0 spiro atoms. The largest absolute Gasteiger partial charge is 0.354 e. The predicted molar refractivity (Wildman–Crippen MR) is 172 cm³/mol. The topological polar surface area (TPSA) is 86.8 Å². The van der Waals surface area contributed by atoms with Crippen molar-refractivity contribution in [1.82, 2.24) is 10.2 Å². The lowest BCUT2D eigenvalue weighted by atomic mass is 10.0.